The van der Waals surface area contributed by atoms with Crippen LogP contribution in [0.5, 0.6) is 0 Å². The van der Waals surface area contributed by atoms with Crippen LogP contribution in [-0.4, -0.2) is 61.3 Å². The summed E-state index contributed by atoms with van der Waals surface area (Å²) in [4.78, 5) is 14.2. The highest BCUT2D eigenvalue weighted by atomic mass is 32.2. The standard InChI is InChI=1S/C28H37N7O2S/c1-3-22-20-29-28(32-24-9-11-25(12-10-24)35-17-15-34(4-2)16-18-35)33-27(22)31-23-7-5-21(6-8-23)19-30-38(36,37)26-13-14-26/h5-12,20,26,30H,3-4,13-19H2,1-2H3,(H2,29,31,32,33). The molecule has 0 amide bonds. The largest absolute Gasteiger partial charge is 0.369 e. The van der Waals surface area contributed by atoms with Crippen molar-refractivity contribution in [1.29, 1.82) is 0 Å². The number of hydrogen-bond acceptors (Lipinski definition) is 8. The molecule has 10 heteroatoms. The van der Waals surface area contributed by atoms with Gasteiger partial charge in [0.05, 0.1) is 5.25 Å². The summed E-state index contributed by atoms with van der Waals surface area (Å²) >= 11 is 0. The van der Waals surface area contributed by atoms with Crippen LogP contribution in [0.3, 0.4) is 0 Å². The zero-order valence-electron chi connectivity index (χ0n) is 22.2. The van der Waals surface area contributed by atoms with Gasteiger partial charge in [-0.2, -0.15) is 4.98 Å². The Kier molecular flexibility index (Phi) is 8.11. The second-order valence-corrected chi connectivity index (χ2v) is 11.9. The number of likely N-dealkylation sites (N-methyl/N-ethyl adjacent to an activating group) is 1. The maximum atomic E-state index is 12.1. The van der Waals surface area contributed by atoms with E-state index in [-0.39, 0.29) is 5.25 Å². The average Bonchev–Trinajstić information content (AvgIpc) is 3.80. The Morgan fingerprint density at radius 3 is 2.18 bits per heavy atom. The second kappa shape index (κ2) is 11.7. The number of sulfonamides is 1. The third-order valence-electron chi connectivity index (χ3n) is 7.21. The lowest BCUT2D eigenvalue weighted by molar-refractivity contribution is 0.271. The molecular formula is C28H37N7O2S. The lowest BCUT2D eigenvalue weighted by Gasteiger charge is -2.35. The number of benzene rings is 2. The van der Waals surface area contributed by atoms with E-state index in [1.807, 2.05) is 30.5 Å². The molecule has 38 heavy (non-hydrogen) atoms. The highest BCUT2D eigenvalue weighted by Gasteiger charge is 2.35. The summed E-state index contributed by atoms with van der Waals surface area (Å²) in [5.74, 6) is 1.28. The van der Waals surface area contributed by atoms with E-state index in [2.05, 4.69) is 68.3 Å². The molecule has 1 saturated heterocycles. The molecule has 0 radical (unpaired) electrons. The Labute approximate surface area is 225 Å². The molecule has 1 aromatic heterocycles. The number of anilines is 5. The van der Waals surface area contributed by atoms with E-state index in [1.165, 1.54) is 5.69 Å². The number of hydrogen-bond donors (Lipinski definition) is 3. The zero-order valence-corrected chi connectivity index (χ0v) is 23.0. The lowest BCUT2D eigenvalue weighted by Crippen LogP contribution is -2.46. The molecule has 0 unspecified atom stereocenters. The monoisotopic (exact) mass is 535 g/mol. The summed E-state index contributed by atoms with van der Waals surface area (Å²) in [5, 5.41) is 6.51. The van der Waals surface area contributed by atoms with Crippen LogP contribution < -0.4 is 20.3 Å². The molecule has 2 aliphatic rings. The van der Waals surface area contributed by atoms with Crippen LogP contribution in [-0.2, 0) is 23.0 Å². The Morgan fingerprint density at radius 1 is 0.895 bits per heavy atom. The van der Waals surface area contributed by atoms with E-state index in [1.54, 1.807) is 0 Å². The fraction of sp³-hybridized carbons (Fsp3) is 0.429. The van der Waals surface area contributed by atoms with Crippen LogP contribution in [0.1, 0.15) is 37.8 Å². The third kappa shape index (κ3) is 6.61. The van der Waals surface area contributed by atoms with E-state index in [0.717, 1.165) is 80.3 Å². The Hall–Kier alpha value is -3.21. The molecule has 202 valence electrons. The van der Waals surface area contributed by atoms with Gasteiger partial charge in [0.25, 0.3) is 0 Å². The number of aromatic nitrogens is 2. The van der Waals surface area contributed by atoms with Crippen LogP contribution >= 0.6 is 0 Å². The van der Waals surface area contributed by atoms with Crippen molar-refractivity contribution in [3.63, 3.8) is 0 Å². The summed E-state index contributed by atoms with van der Waals surface area (Å²) in [5.41, 5.74) is 4.98. The normalized spacial score (nSPS) is 16.4. The highest BCUT2D eigenvalue weighted by molar-refractivity contribution is 7.90. The number of nitrogens with one attached hydrogen (secondary N) is 3. The minimum atomic E-state index is -3.19. The fourth-order valence-electron chi connectivity index (χ4n) is 4.56. The van der Waals surface area contributed by atoms with Gasteiger partial charge in [-0.3, -0.25) is 0 Å². The number of rotatable bonds is 11. The number of piperazine rings is 1. The summed E-state index contributed by atoms with van der Waals surface area (Å²) in [6.45, 7) is 10.0. The molecule has 0 bridgehead atoms. The fourth-order valence-corrected chi connectivity index (χ4v) is 5.92. The van der Waals surface area contributed by atoms with E-state index in [9.17, 15) is 8.42 Å². The van der Waals surface area contributed by atoms with Gasteiger partial charge in [-0.15, -0.1) is 0 Å². The Balaban J connectivity index is 1.21. The smallest absolute Gasteiger partial charge is 0.229 e. The third-order valence-corrected chi connectivity index (χ3v) is 9.11. The molecule has 2 heterocycles. The molecular weight excluding hydrogens is 498 g/mol. The van der Waals surface area contributed by atoms with Gasteiger partial charge in [-0.1, -0.05) is 26.0 Å². The van der Waals surface area contributed by atoms with Crippen molar-refractivity contribution in [2.75, 3.05) is 48.3 Å². The Bertz CT molecular complexity index is 1320. The van der Waals surface area contributed by atoms with Crippen molar-refractivity contribution < 1.29 is 8.42 Å². The van der Waals surface area contributed by atoms with Crippen LogP contribution in [0.2, 0.25) is 0 Å². The summed E-state index contributed by atoms with van der Waals surface area (Å²) < 4.78 is 26.8. The predicted octanol–water partition coefficient (Wildman–Crippen LogP) is 4.25. The van der Waals surface area contributed by atoms with E-state index in [0.29, 0.717) is 12.5 Å². The molecule has 1 saturated carbocycles. The van der Waals surface area contributed by atoms with Gasteiger partial charge in [0, 0.05) is 61.5 Å². The number of aryl methyl sites for hydroxylation is 1. The minimum Gasteiger partial charge on any atom is -0.369 e. The van der Waals surface area contributed by atoms with Crippen LogP contribution in [0.15, 0.2) is 54.7 Å². The topological polar surface area (TPSA) is 102 Å². The molecule has 9 nitrogen and oxygen atoms in total. The van der Waals surface area contributed by atoms with Crippen molar-refractivity contribution in [2.45, 2.75) is 44.9 Å². The molecule has 0 atom stereocenters. The second-order valence-electron chi connectivity index (χ2n) is 9.90. The first-order chi connectivity index (χ1) is 18.4. The predicted molar refractivity (Wildman–Crippen MR) is 154 cm³/mol. The summed E-state index contributed by atoms with van der Waals surface area (Å²) in [6.07, 6.45) is 4.16. The molecule has 5 rings (SSSR count). The summed E-state index contributed by atoms with van der Waals surface area (Å²) in [6, 6.07) is 16.2. The maximum absolute atomic E-state index is 12.1. The van der Waals surface area contributed by atoms with Crippen molar-refractivity contribution in [1.82, 2.24) is 19.6 Å². The molecule has 1 aliphatic carbocycles. The van der Waals surface area contributed by atoms with Crippen molar-refractivity contribution in [2.24, 2.45) is 0 Å². The summed E-state index contributed by atoms with van der Waals surface area (Å²) in [7, 11) is -3.19. The molecule has 2 fully saturated rings. The van der Waals surface area contributed by atoms with Gasteiger partial charge in [-0.25, -0.2) is 18.1 Å². The first-order valence-electron chi connectivity index (χ1n) is 13.5. The SMILES string of the molecule is CCc1cnc(Nc2ccc(N3CCN(CC)CC3)cc2)nc1Nc1ccc(CNS(=O)(=O)C2CC2)cc1. The molecule has 1 aliphatic heterocycles. The van der Waals surface area contributed by atoms with E-state index >= 15 is 0 Å². The molecule has 3 aromatic rings. The molecule has 2 aromatic carbocycles. The van der Waals surface area contributed by atoms with Crippen LogP contribution in [0, 0.1) is 0 Å². The zero-order chi connectivity index (χ0) is 26.5. The maximum Gasteiger partial charge on any atom is 0.229 e. The highest BCUT2D eigenvalue weighted by Crippen LogP contribution is 2.28. The van der Waals surface area contributed by atoms with Gasteiger partial charge in [-0.05, 0) is 67.8 Å². The van der Waals surface area contributed by atoms with Crippen molar-refractivity contribution >= 4 is 38.9 Å². The van der Waals surface area contributed by atoms with Gasteiger partial charge in [0.15, 0.2) is 0 Å². The quantitative estimate of drug-likeness (QED) is 0.335. The first-order valence-corrected chi connectivity index (χ1v) is 15.0. The van der Waals surface area contributed by atoms with Crippen molar-refractivity contribution in [3.8, 4) is 0 Å². The van der Waals surface area contributed by atoms with Crippen molar-refractivity contribution in [3.05, 3.63) is 65.9 Å². The lowest BCUT2D eigenvalue weighted by atomic mass is 10.2. The van der Waals surface area contributed by atoms with Gasteiger partial charge >= 0.3 is 0 Å². The van der Waals surface area contributed by atoms with Crippen LogP contribution in [0.4, 0.5) is 28.8 Å². The van der Waals surface area contributed by atoms with Gasteiger partial charge in [0.1, 0.15) is 5.82 Å². The first kappa shape index (κ1) is 26.4. The minimum absolute atomic E-state index is 0.212. The van der Waals surface area contributed by atoms with E-state index < -0.39 is 10.0 Å². The molecule has 0 spiro atoms. The van der Waals surface area contributed by atoms with E-state index in [4.69, 9.17) is 4.98 Å². The number of nitrogens with zero attached hydrogens (tertiary/aromatic N) is 4. The van der Waals surface area contributed by atoms with Gasteiger partial charge in [0.2, 0.25) is 16.0 Å². The molecule has 3 N–H and O–H groups in total. The Morgan fingerprint density at radius 2 is 1.55 bits per heavy atom. The average molecular weight is 536 g/mol. The van der Waals surface area contributed by atoms with Crippen LogP contribution in [0.25, 0.3) is 0 Å². The van der Waals surface area contributed by atoms with Gasteiger partial charge < -0.3 is 20.4 Å².